The fraction of sp³-hybridized carbons (Fsp3) is 0.533. The monoisotopic (exact) mass is 302 g/mol. The molecule has 0 aromatic carbocycles. The molecule has 0 unspecified atom stereocenters. The summed E-state index contributed by atoms with van der Waals surface area (Å²) in [7, 11) is 0. The van der Waals surface area contributed by atoms with Crippen molar-refractivity contribution >= 4 is 22.3 Å². The lowest BCUT2D eigenvalue weighted by molar-refractivity contribution is 0.0916. The highest BCUT2D eigenvalue weighted by Gasteiger charge is 2.34. The van der Waals surface area contributed by atoms with E-state index in [-0.39, 0.29) is 11.2 Å². The molecule has 6 heteroatoms. The van der Waals surface area contributed by atoms with Gasteiger partial charge in [-0.1, -0.05) is 25.2 Å². The highest BCUT2D eigenvalue weighted by atomic mass is 32.1. The molecule has 2 aromatic rings. The summed E-state index contributed by atoms with van der Waals surface area (Å²) in [5, 5.41) is 0.973. The van der Waals surface area contributed by atoms with Crippen molar-refractivity contribution in [2.75, 3.05) is 11.4 Å². The Labute approximate surface area is 127 Å². The van der Waals surface area contributed by atoms with Crippen LogP contribution in [0.15, 0.2) is 12.4 Å². The third-order valence-electron chi connectivity index (χ3n) is 4.24. The predicted octanol–water partition coefficient (Wildman–Crippen LogP) is 2.51. The van der Waals surface area contributed by atoms with Crippen molar-refractivity contribution in [2.24, 2.45) is 5.41 Å². The van der Waals surface area contributed by atoms with E-state index >= 15 is 0 Å². The van der Waals surface area contributed by atoms with Crippen LogP contribution >= 0.6 is 11.3 Å². The van der Waals surface area contributed by atoms with Crippen LogP contribution in [0.25, 0.3) is 0 Å². The predicted molar refractivity (Wildman–Crippen MR) is 81.8 cm³/mol. The van der Waals surface area contributed by atoms with E-state index in [9.17, 15) is 4.79 Å². The number of rotatable bonds is 1. The largest absolute Gasteiger partial charge is 0.339 e. The molecule has 1 aliphatic carbocycles. The van der Waals surface area contributed by atoms with Crippen LogP contribution in [-0.2, 0) is 19.5 Å². The average molecular weight is 302 g/mol. The maximum absolute atomic E-state index is 12.3. The molecule has 0 saturated carbocycles. The number of carbonyl (C=O) groups is 1. The standard InChI is InChI=1S/C15H18N4OS/c1-15(2)7-10-13(11(20)8-15)21-14(17-10)19-6-5-18-4-3-16-12(18)9-19/h3-4H,5-9H2,1-2H3. The summed E-state index contributed by atoms with van der Waals surface area (Å²) in [6.07, 6.45) is 5.39. The van der Waals surface area contributed by atoms with Crippen LogP contribution in [0.4, 0.5) is 5.13 Å². The fourth-order valence-electron chi connectivity index (χ4n) is 3.18. The first-order valence-electron chi connectivity index (χ1n) is 7.30. The summed E-state index contributed by atoms with van der Waals surface area (Å²) < 4.78 is 2.18. The van der Waals surface area contributed by atoms with Crippen LogP contribution in [0.1, 0.15) is 41.5 Å². The molecular weight excluding hydrogens is 284 g/mol. The van der Waals surface area contributed by atoms with Crippen molar-refractivity contribution in [1.82, 2.24) is 14.5 Å². The smallest absolute Gasteiger partial charge is 0.186 e. The number of Topliss-reactive ketones (excluding diaryl/α,β-unsaturated/α-hetero) is 1. The Hall–Kier alpha value is -1.69. The minimum atomic E-state index is 0.0353. The summed E-state index contributed by atoms with van der Waals surface area (Å²) in [4.78, 5) is 24.6. The molecule has 0 N–H and O–H groups in total. The van der Waals surface area contributed by atoms with Crippen LogP contribution < -0.4 is 4.90 Å². The Bertz CT molecular complexity index is 715. The molecule has 0 spiro atoms. The maximum atomic E-state index is 12.3. The number of hydrogen-bond acceptors (Lipinski definition) is 5. The molecule has 4 rings (SSSR count). The Kier molecular flexibility index (Phi) is 2.73. The molecule has 0 amide bonds. The number of hydrogen-bond donors (Lipinski definition) is 0. The first-order chi connectivity index (χ1) is 10.0. The number of aromatic nitrogens is 3. The second-order valence-corrected chi connectivity index (χ2v) is 7.65. The van der Waals surface area contributed by atoms with Gasteiger partial charge in [-0.15, -0.1) is 0 Å². The van der Waals surface area contributed by atoms with Gasteiger partial charge in [0, 0.05) is 31.9 Å². The molecule has 21 heavy (non-hydrogen) atoms. The van der Waals surface area contributed by atoms with Crippen molar-refractivity contribution in [3.63, 3.8) is 0 Å². The third-order valence-corrected chi connectivity index (χ3v) is 5.44. The van der Waals surface area contributed by atoms with Crippen LogP contribution in [0.3, 0.4) is 0 Å². The highest BCUT2D eigenvalue weighted by molar-refractivity contribution is 7.17. The van der Waals surface area contributed by atoms with Gasteiger partial charge in [0.2, 0.25) is 0 Å². The molecule has 1 aliphatic heterocycles. The second-order valence-electron chi connectivity index (χ2n) is 6.67. The van der Waals surface area contributed by atoms with Gasteiger partial charge in [0.25, 0.3) is 0 Å². The van der Waals surface area contributed by atoms with Crippen LogP contribution in [0, 0.1) is 5.41 Å². The number of fused-ring (bicyclic) bond motifs is 2. The van der Waals surface area contributed by atoms with E-state index in [2.05, 4.69) is 28.3 Å². The van der Waals surface area contributed by atoms with Gasteiger partial charge >= 0.3 is 0 Å². The molecule has 2 aliphatic rings. The molecule has 0 fully saturated rings. The van der Waals surface area contributed by atoms with Crippen LogP contribution in [0.2, 0.25) is 0 Å². The topological polar surface area (TPSA) is 51.0 Å². The number of nitrogens with zero attached hydrogens (tertiary/aromatic N) is 4. The Morgan fingerprint density at radius 2 is 2.14 bits per heavy atom. The molecule has 3 heterocycles. The van der Waals surface area contributed by atoms with Crippen molar-refractivity contribution < 1.29 is 4.79 Å². The van der Waals surface area contributed by atoms with E-state index < -0.39 is 0 Å². The maximum Gasteiger partial charge on any atom is 0.186 e. The SMILES string of the molecule is CC1(C)CC(=O)c2sc(N3CCn4ccnc4C3)nc2C1. The van der Waals surface area contributed by atoms with Gasteiger partial charge in [-0.05, 0) is 11.8 Å². The number of anilines is 1. The zero-order valence-electron chi connectivity index (χ0n) is 12.3. The van der Waals surface area contributed by atoms with Crippen molar-refractivity contribution in [1.29, 1.82) is 0 Å². The van der Waals surface area contributed by atoms with Gasteiger partial charge in [0.05, 0.1) is 17.1 Å². The summed E-state index contributed by atoms with van der Waals surface area (Å²) in [5.41, 5.74) is 1.03. The quantitative estimate of drug-likeness (QED) is 0.812. The number of ketones is 1. The molecule has 2 aromatic heterocycles. The molecule has 0 atom stereocenters. The van der Waals surface area contributed by atoms with Gasteiger partial charge in [0.15, 0.2) is 10.9 Å². The van der Waals surface area contributed by atoms with Gasteiger partial charge in [-0.3, -0.25) is 4.79 Å². The first kappa shape index (κ1) is 13.0. The second kappa shape index (κ2) is 4.40. The van der Waals surface area contributed by atoms with Gasteiger partial charge in [-0.2, -0.15) is 0 Å². The normalized spacial score (nSPS) is 20.3. The van der Waals surface area contributed by atoms with E-state index in [1.165, 1.54) is 0 Å². The van der Waals surface area contributed by atoms with E-state index in [0.29, 0.717) is 6.42 Å². The van der Waals surface area contributed by atoms with E-state index in [1.807, 2.05) is 12.4 Å². The zero-order chi connectivity index (χ0) is 14.6. The zero-order valence-corrected chi connectivity index (χ0v) is 13.1. The van der Waals surface area contributed by atoms with Crippen LogP contribution in [0.5, 0.6) is 0 Å². The number of carbonyl (C=O) groups excluding carboxylic acids is 1. The van der Waals surface area contributed by atoms with Crippen LogP contribution in [-0.4, -0.2) is 26.9 Å². The molecule has 110 valence electrons. The molecule has 0 bridgehead atoms. The molecule has 0 saturated heterocycles. The summed E-state index contributed by atoms with van der Waals surface area (Å²) in [6.45, 7) is 6.92. The Balaban J connectivity index is 1.65. The minimum Gasteiger partial charge on any atom is -0.339 e. The van der Waals surface area contributed by atoms with Gasteiger partial charge in [-0.25, -0.2) is 9.97 Å². The highest BCUT2D eigenvalue weighted by Crippen LogP contribution is 2.39. The summed E-state index contributed by atoms with van der Waals surface area (Å²) >= 11 is 1.56. The summed E-state index contributed by atoms with van der Waals surface area (Å²) in [6, 6.07) is 0. The van der Waals surface area contributed by atoms with E-state index in [1.54, 1.807) is 11.3 Å². The lowest BCUT2D eigenvalue weighted by Gasteiger charge is -2.27. The Morgan fingerprint density at radius 3 is 3.00 bits per heavy atom. The van der Waals surface area contributed by atoms with E-state index in [4.69, 9.17) is 4.98 Å². The minimum absolute atomic E-state index is 0.0353. The van der Waals surface area contributed by atoms with Crippen molar-refractivity contribution in [2.45, 2.75) is 39.8 Å². The van der Waals surface area contributed by atoms with Crippen molar-refractivity contribution in [3.8, 4) is 0 Å². The average Bonchev–Trinajstić information content (AvgIpc) is 3.01. The Morgan fingerprint density at radius 1 is 1.29 bits per heavy atom. The first-order valence-corrected chi connectivity index (χ1v) is 8.11. The lowest BCUT2D eigenvalue weighted by Crippen LogP contribution is -2.33. The van der Waals surface area contributed by atoms with Gasteiger partial charge in [0.1, 0.15) is 5.82 Å². The third kappa shape index (κ3) is 2.18. The van der Waals surface area contributed by atoms with Gasteiger partial charge < -0.3 is 9.47 Å². The lowest BCUT2D eigenvalue weighted by atomic mass is 9.78. The number of imidazole rings is 1. The fourth-order valence-corrected chi connectivity index (χ4v) is 4.22. The molecule has 0 radical (unpaired) electrons. The summed E-state index contributed by atoms with van der Waals surface area (Å²) in [5.74, 6) is 1.32. The molecule has 5 nitrogen and oxygen atoms in total. The molecular formula is C15H18N4OS. The number of thiazole rings is 1. The van der Waals surface area contributed by atoms with E-state index in [0.717, 1.165) is 47.6 Å². The van der Waals surface area contributed by atoms with Crippen molar-refractivity contribution in [3.05, 3.63) is 28.8 Å².